The fraction of sp³-hybridized carbons (Fsp3) is 0.292. The summed E-state index contributed by atoms with van der Waals surface area (Å²) in [6, 6.07) is 15.3. The third kappa shape index (κ3) is 4.89. The molecule has 162 valence electrons. The Labute approximate surface area is 185 Å². The number of nitrogens with zero attached hydrogens (tertiary/aromatic N) is 2. The van der Waals surface area contributed by atoms with E-state index in [9.17, 15) is 14.3 Å². The monoisotopic (exact) mass is 440 g/mol. The SMILES string of the molecule is COc1cc(CN2CCC(N(C(=O)c3cccs3)c3ccc(F)cc3)CC2)ccc1O. The molecule has 1 fully saturated rings. The van der Waals surface area contributed by atoms with Crippen molar-refractivity contribution in [3.8, 4) is 11.5 Å². The molecule has 0 aliphatic carbocycles. The smallest absolute Gasteiger partial charge is 0.268 e. The fourth-order valence-electron chi connectivity index (χ4n) is 4.03. The zero-order chi connectivity index (χ0) is 21.8. The van der Waals surface area contributed by atoms with E-state index in [0.29, 0.717) is 10.6 Å². The molecule has 0 spiro atoms. The molecule has 0 radical (unpaired) electrons. The lowest BCUT2D eigenvalue weighted by Crippen LogP contribution is -2.47. The number of thiophene rings is 1. The van der Waals surface area contributed by atoms with E-state index in [1.54, 1.807) is 25.3 Å². The van der Waals surface area contributed by atoms with Crippen LogP contribution < -0.4 is 9.64 Å². The highest BCUT2D eigenvalue weighted by Crippen LogP contribution is 2.30. The van der Waals surface area contributed by atoms with Crippen LogP contribution in [0.3, 0.4) is 0 Å². The van der Waals surface area contributed by atoms with E-state index in [2.05, 4.69) is 4.90 Å². The Kier molecular flexibility index (Phi) is 6.53. The third-order valence-electron chi connectivity index (χ3n) is 5.63. The molecule has 1 saturated heterocycles. The summed E-state index contributed by atoms with van der Waals surface area (Å²) in [7, 11) is 1.54. The van der Waals surface area contributed by atoms with E-state index >= 15 is 0 Å². The van der Waals surface area contributed by atoms with Gasteiger partial charge >= 0.3 is 0 Å². The van der Waals surface area contributed by atoms with Crippen molar-refractivity contribution in [2.45, 2.75) is 25.4 Å². The molecule has 1 amide bonds. The molecule has 5 nitrogen and oxygen atoms in total. The quantitative estimate of drug-likeness (QED) is 0.592. The van der Waals surface area contributed by atoms with Gasteiger partial charge in [-0.3, -0.25) is 9.69 Å². The molecule has 1 N–H and O–H groups in total. The first-order chi connectivity index (χ1) is 15.0. The minimum Gasteiger partial charge on any atom is -0.504 e. The van der Waals surface area contributed by atoms with Crippen LogP contribution in [0, 0.1) is 5.82 Å². The number of carbonyl (C=O) groups excluding carboxylic acids is 1. The standard InChI is InChI=1S/C24H25FN2O3S/c1-30-22-15-17(4-9-21(22)28)16-26-12-10-20(11-13-26)27(19-7-5-18(25)6-8-19)24(29)23-3-2-14-31-23/h2-9,14-15,20,28H,10-13,16H2,1H3. The van der Waals surface area contributed by atoms with Crippen LogP contribution in [0.25, 0.3) is 0 Å². The summed E-state index contributed by atoms with van der Waals surface area (Å²) < 4.78 is 18.7. The maximum Gasteiger partial charge on any atom is 0.268 e. The summed E-state index contributed by atoms with van der Waals surface area (Å²) in [5.74, 6) is 0.248. The van der Waals surface area contributed by atoms with Gasteiger partial charge in [-0.05, 0) is 66.2 Å². The summed E-state index contributed by atoms with van der Waals surface area (Å²) in [4.78, 5) is 18.1. The van der Waals surface area contributed by atoms with Crippen LogP contribution in [-0.2, 0) is 6.54 Å². The van der Waals surface area contributed by atoms with Crippen molar-refractivity contribution in [2.75, 3.05) is 25.1 Å². The number of hydrogen-bond acceptors (Lipinski definition) is 5. The second-order valence-corrected chi connectivity index (χ2v) is 8.59. The Balaban J connectivity index is 1.47. The summed E-state index contributed by atoms with van der Waals surface area (Å²) in [5, 5.41) is 11.7. The molecule has 1 aliphatic heterocycles. The number of rotatable bonds is 6. The number of phenolic OH excluding ortho intramolecular Hbond substituents is 1. The highest BCUT2D eigenvalue weighted by Gasteiger charge is 2.30. The van der Waals surface area contributed by atoms with Crippen molar-refractivity contribution in [3.05, 3.63) is 76.2 Å². The first-order valence-corrected chi connectivity index (χ1v) is 11.1. The Morgan fingerprint density at radius 1 is 1.19 bits per heavy atom. The van der Waals surface area contributed by atoms with Gasteiger partial charge < -0.3 is 14.7 Å². The van der Waals surface area contributed by atoms with Gasteiger partial charge in [0.1, 0.15) is 5.82 Å². The van der Waals surface area contributed by atoms with Crippen molar-refractivity contribution < 1.29 is 19.0 Å². The Morgan fingerprint density at radius 3 is 2.58 bits per heavy atom. The van der Waals surface area contributed by atoms with Crippen molar-refractivity contribution >= 4 is 22.9 Å². The normalized spacial score (nSPS) is 15.0. The lowest BCUT2D eigenvalue weighted by molar-refractivity contribution is 0.0962. The minimum absolute atomic E-state index is 0.0386. The van der Waals surface area contributed by atoms with Crippen LogP contribution in [0.5, 0.6) is 11.5 Å². The molecule has 0 saturated carbocycles. The van der Waals surface area contributed by atoms with E-state index in [0.717, 1.165) is 43.7 Å². The predicted octanol–water partition coefficient (Wildman–Crippen LogP) is 4.91. The second kappa shape index (κ2) is 9.49. The molecule has 2 aromatic carbocycles. The number of ether oxygens (including phenoxy) is 1. The molecule has 0 atom stereocenters. The summed E-state index contributed by atoms with van der Waals surface area (Å²) >= 11 is 1.42. The van der Waals surface area contributed by atoms with Gasteiger partial charge in [-0.2, -0.15) is 0 Å². The Bertz CT molecular complexity index is 1020. The summed E-state index contributed by atoms with van der Waals surface area (Å²) in [5.41, 5.74) is 1.79. The number of benzene rings is 2. The van der Waals surface area contributed by atoms with Crippen LogP contribution in [0.2, 0.25) is 0 Å². The van der Waals surface area contributed by atoms with Gasteiger partial charge in [0.25, 0.3) is 5.91 Å². The number of amides is 1. The van der Waals surface area contributed by atoms with Gasteiger partial charge in [0.2, 0.25) is 0 Å². The van der Waals surface area contributed by atoms with Crippen molar-refractivity contribution in [3.63, 3.8) is 0 Å². The first-order valence-electron chi connectivity index (χ1n) is 10.3. The van der Waals surface area contributed by atoms with Gasteiger partial charge in [-0.1, -0.05) is 12.1 Å². The Morgan fingerprint density at radius 2 is 1.94 bits per heavy atom. The van der Waals surface area contributed by atoms with Crippen molar-refractivity contribution in [1.29, 1.82) is 0 Å². The molecule has 4 rings (SSSR count). The molecule has 3 aromatic rings. The molecule has 1 aromatic heterocycles. The highest BCUT2D eigenvalue weighted by molar-refractivity contribution is 7.12. The van der Waals surface area contributed by atoms with Gasteiger partial charge in [0.05, 0.1) is 12.0 Å². The number of halogens is 1. The number of carbonyl (C=O) groups is 1. The zero-order valence-electron chi connectivity index (χ0n) is 17.3. The minimum atomic E-state index is -0.314. The van der Waals surface area contributed by atoms with Gasteiger partial charge in [-0.15, -0.1) is 11.3 Å². The number of methoxy groups -OCH3 is 1. The number of hydrogen-bond donors (Lipinski definition) is 1. The molecule has 0 bridgehead atoms. The van der Waals surface area contributed by atoms with E-state index in [1.807, 2.05) is 34.5 Å². The largest absolute Gasteiger partial charge is 0.504 e. The molecule has 0 unspecified atom stereocenters. The van der Waals surface area contributed by atoms with Gasteiger partial charge in [0, 0.05) is 31.4 Å². The second-order valence-electron chi connectivity index (χ2n) is 7.64. The van der Waals surface area contributed by atoms with Gasteiger partial charge in [0.15, 0.2) is 11.5 Å². The number of anilines is 1. The molecule has 2 heterocycles. The number of likely N-dealkylation sites (tertiary alicyclic amines) is 1. The van der Waals surface area contributed by atoms with Crippen LogP contribution in [0.4, 0.5) is 10.1 Å². The maximum absolute atomic E-state index is 13.5. The van der Waals surface area contributed by atoms with Crippen LogP contribution >= 0.6 is 11.3 Å². The maximum atomic E-state index is 13.5. The number of piperidine rings is 1. The molecular weight excluding hydrogens is 415 g/mol. The van der Waals surface area contributed by atoms with Crippen LogP contribution in [0.1, 0.15) is 28.1 Å². The topological polar surface area (TPSA) is 53.0 Å². The van der Waals surface area contributed by atoms with Crippen LogP contribution in [0.15, 0.2) is 60.0 Å². The van der Waals surface area contributed by atoms with E-state index < -0.39 is 0 Å². The van der Waals surface area contributed by atoms with E-state index in [1.165, 1.54) is 23.5 Å². The number of phenols is 1. The van der Waals surface area contributed by atoms with Gasteiger partial charge in [-0.25, -0.2) is 4.39 Å². The van der Waals surface area contributed by atoms with Crippen molar-refractivity contribution in [1.82, 2.24) is 4.90 Å². The Hall–Kier alpha value is -2.90. The summed E-state index contributed by atoms with van der Waals surface area (Å²) in [6.45, 7) is 2.42. The predicted molar refractivity (Wildman–Crippen MR) is 120 cm³/mol. The zero-order valence-corrected chi connectivity index (χ0v) is 18.1. The highest BCUT2D eigenvalue weighted by atomic mass is 32.1. The number of aromatic hydroxyl groups is 1. The lowest BCUT2D eigenvalue weighted by Gasteiger charge is -2.38. The molecule has 31 heavy (non-hydrogen) atoms. The fourth-order valence-corrected chi connectivity index (χ4v) is 4.69. The summed E-state index contributed by atoms with van der Waals surface area (Å²) in [6.07, 6.45) is 1.65. The van der Waals surface area contributed by atoms with Crippen molar-refractivity contribution in [2.24, 2.45) is 0 Å². The molecular formula is C24H25FN2O3S. The van der Waals surface area contributed by atoms with E-state index in [-0.39, 0.29) is 23.5 Å². The lowest BCUT2D eigenvalue weighted by atomic mass is 10.0. The van der Waals surface area contributed by atoms with Crippen LogP contribution in [-0.4, -0.2) is 42.2 Å². The third-order valence-corrected chi connectivity index (χ3v) is 6.49. The average molecular weight is 441 g/mol. The van der Waals surface area contributed by atoms with E-state index in [4.69, 9.17) is 4.74 Å². The average Bonchev–Trinajstić information content (AvgIpc) is 3.33. The first kappa shape index (κ1) is 21.3. The molecule has 7 heteroatoms. The molecule has 1 aliphatic rings.